The highest BCUT2D eigenvalue weighted by molar-refractivity contribution is 5.92. The molecule has 0 aliphatic carbocycles. The van der Waals surface area contributed by atoms with E-state index in [-0.39, 0.29) is 16.9 Å². The normalized spacial score (nSPS) is 10.5. The molecular formula is C14H11F2N5O3. The SMILES string of the molecule is Cc1cc(C(F)F)n(CC(=O)Nc2ccc([N+](=O)[O-])cc2C#N)n1. The molecule has 2 aromatic rings. The van der Waals surface area contributed by atoms with E-state index in [1.165, 1.54) is 19.1 Å². The summed E-state index contributed by atoms with van der Waals surface area (Å²) in [6.07, 6.45) is -2.78. The molecule has 10 heteroatoms. The first-order valence-corrected chi connectivity index (χ1v) is 6.62. The van der Waals surface area contributed by atoms with Gasteiger partial charge in [-0.2, -0.15) is 10.4 Å². The van der Waals surface area contributed by atoms with Crippen LogP contribution >= 0.6 is 0 Å². The van der Waals surface area contributed by atoms with E-state index in [9.17, 15) is 23.7 Å². The first kappa shape index (κ1) is 17.0. The number of hydrogen-bond donors (Lipinski definition) is 1. The molecule has 1 amide bonds. The molecule has 0 bridgehead atoms. The molecule has 24 heavy (non-hydrogen) atoms. The lowest BCUT2D eigenvalue weighted by molar-refractivity contribution is -0.384. The van der Waals surface area contributed by atoms with E-state index in [0.717, 1.165) is 16.8 Å². The van der Waals surface area contributed by atoms with Crippen molar-refractivity contribution in [1.82, 2.24) is 9.78 Å². The molecule has 0 aliphatic rings. The van der Waals surface area contributed by atoms with Crippen molar-refractivity contribution in [3.05, 3.63) is 51.3 Å². The molecule has 0 fully saturated rings. The lowest BCUT2D eigenvalue weighted by Gasteiger charge is -2.09. The quantitative estimate of drug-likeness (QED) is 0.666. The maximum absolute atomic E-state index is 12.9. The fourth-order valence-corrected chi connectivity index (χ4v) is 2.04. The van der Waals surface area contributed by atoms with Crippen molar-refractivity contribution in [3.63, 3.8) is 0 Å². The van der Waals surface area contributed by atoms with Crippen LogP contribution in [0.2, 0.25) is 0 Å². The minimum atomic E-state index is -2.78. The van der Waals surface area contributed by atoms with Gasteiger partial charge in [-0.3, -0.25) is 19.6 Å². The van der Waals surface area contributed by atoms with Crippen LogP contribution in [0.25, 0.3) is 0 Å². The summed E-state index contributed by atoms with van der Waals surface area (Å²) in [5.41, 5.74) is -0.413. The summed E-state index contributed by atoms with van der Waals surface area (Å²) in [5.74, 6) is -0.689. The fraction of sp³-hybridized carbons (Fsp3) is 0.214. The Labute approximate surface area is 134 Å². The number of rotatable bonds is 5. The highest BCUT2D eigenvalue weighted by Gasteiger charge is 2.18. The van der Waals surface area contributed by atoms with Crippen LogP contribution in [0.15, 0.2) is 24.3 Å². The van der Waals surface area contributed by atoms with E-state index in [4.69, 9.17) is 5.26 Å². The van der Waals surface area contributed by atoms with Crippen LogP contribution in [0.1, 0.15) is 23.4 Å². The number of carbonyl (C=O) groups excluding carboxylic acids is 1. The molecule has 1 N–H and O–H groups in total. The summed E-state index contributed by atoms with van der Waals surface area (Å²) < 4.78 is 26.6. The van der Waals surface area contributed by atoms with Gasteiger partial charge in [0, 0.05) is 12.1 Å². The van der Waals surface area contributed by atoms with Crippen LogP contribution in [0.5, 0.6) is 0 Å². The van der Waals surface area contributed by atoms with E-state index in [1.807, 2.05) is 0 Å². The van der Waals surface area contributed by atoms with Crippen molar-refractivity contribution in [2.45, 2.75) is 19.9 Å². The Bertz CT molecular complexity index is 841. The summed E-state index contributed by atoms with van der Waals surface area (Å²) >= 11 is 0. The van der Waals surface area contributed by atoms with Gasteiger partial charge < -0.3 is 5.32 Å². The molecule has 2 rings (SSSR count). The molecule has 124 valence electrons. The van der Waals surface area contributed by atoms with Gasteiger partial charge in [-0.05, 0) is 19.1 Å². The van der Waals surface area contributed by atoms with Crippen molar-refractivity contribution >= 4 is 17.3 Å². The number of halogens is 2. The van der Waals surface area contributed by atoms with Gasteiger partial charge in [0.1, 0.15) is 18.3 Å². The van der Waals surface area contributed by atoms with Crippen molar-refractivity contribution in [1.29, 1.82) is 5.26 Å². The Morgan fingerprint density at radius 2 is 2.21 bits per heavy atom. The zero-order valence-electron chi connectivity index (χ0n) is 12.4. The third kappa shape index (κ3) is 3.70. The maximum Gasteiger partial charge on any atom is 0.280 e. The number of nitriles is 1. The number of hydrogen-bond acceptors (Lipinski definition) is 5. The summed E-state index contributed by atoms with van der Waals surface area (Å²) in [6, 6.07) is 6.24. The average molecular weight is 335 g/mol. The van der Waals surface area contributed by atoms with Gasteiger partial charge in [0.15, 0.2) is 0 Å². The van der Waals surface area contributed by atoms with Crippen LogP contribution in [-0.2, 0) is 11.3 Å². The number of benzene rings is 1. The number of nitrogens with zero attached hydrogens (tertiary/aromatic N) is 4. The van der Waals surface area contributed by atoms with Crippen LogP contribution in [0.4, 0.5) is 20.2 Å². The minimum absolute atomic E-state index is 0.0515. The smallest absolute Gasteiger partial charge is 0.280 e. The molecule has 0 aliphatic heterocycles. The van der Waals surface area contributed by atoms with E-state index in [1.54, 1.807) is 6.07 Å². The molecule has 0 spiro atoms. The number of carbonyl (C=O) groups is 1. The van der Waals surface area contributed by atoms with Crippen molar-refractivity contribution in [3.8, 4) is 6.07 Å². The number of alkyl halides is 2. The number of aryl methyl sites for hydroxylation is 1. The fourth-order valence-electron chi connectivity index (χ4n) is 2.04. The van der Waals surface area contributed by atoms with E-state index in [0.29, 0.717) is 5.69 Å². The van der Waals surface area contributed by atoms with E-state index in [2.05, 4.69) is 10.4 Å². The van der Waals surface area contributed by atoms with Crippen molar-refractivity contribution < 1.29 is 18.5 Å². The Balaban J connectivity index is 2.19. The highest BCUT2D eigenvalue weighted by Crippen LogP contribution is 2.22. The number of amides is 1. The van der Waals surface area contributed by atoms with Gasteiger partial charge in [0.25, 0.3) is 12.1 Å². The number of nitro benzene ring substituents is 1. The van der Waals surface area contributed by atoms with Crippen LogP contribution in [-0.4, -0.2) is 20.6 Å². The molecule has 8 nitrogen and oxygen atoms in total. The number of non-ortho nitro benzene ring substituents is 1. The Hall–Kier alpha value is -3.35. The largest absolute Gasteiger partial charge is 0.323 e. The highest BCUT2D eigenvalue weighted by atomic mass is 19.3. The Morgan fingerprint density at radius 1 is 1.50 bits per heavy atom. The molecular weight excluding hydrogens is 324 g/mol. The first-order valence-electron chi connectivity index (χ1n) is 6.62. The standard InChI is InChI=1S/C14H11F2N5O3/c1-8-4-12(14(15)16)20(19-8)7-13(22)18-11-3-2-10(21(23)24)5-9(11)6-17/h2-5,14H,7H2,1H3,(H,18,22). The number of nitrogens with one attached hydrogen (secondary N) is 1. The minimum Gasteiger partial charge on any atom is -0.323 e. The topological polar surface area (TPSA) is 114 Å². The van der Waals surface area contributed by atoms with Crippen LogP contribution in [0.3, 0.4) is 0 Å². The van der Waals surface area contributed by atoms with Gasteiger partial charge in [0.05, 0.1) is 21.9 Å². The second-order valence-electron chi connectivity index (χ2n) is 4.82. The monoisotopic (exact) mass is 335 g/mol. The number of nitro groups is 1. The third-order valence-electron chi connectivity index (χ3n) is 3.06. The summed E-state index contributed by atoms with van der Waals surface area (Å²) in [4.78, 5) is 22.0. The molecule has 0 saturated heterocycles. The molecule has 0 radical (unpaired) electrons. The van der Waals surface area contributed by atoms with Gasteiger partial charge in [-0.15, -0.1) is 0 Å². The second kappa shape index (κ2) is 6.82. The maximum atomic E-state index is 12.9. The van der Waals surface area contributed by atoms with Crippen LogP contribution < -0.4 is 5.32 Å². The Kier molecular flexibility index (Phi) is 4.84. The van der Waals surface area contributed by atoms with Gasteiger partial charge in [0.2, 0.25) is 5.91 Å². The molecule has 1 heterocycles. The van der Waals surface area contributed by atoms with Gasteiger partial charge in [-0.25, -0.2) is 8.78 Å². The second-order valence-corrected chi connectivity index (χ2v) is 4.82. The molecule has 1 aromatic heterocycles. The van der Waals surface area contributed by atoms with Gasteiger partial charge >= 0.3 is 0 Å². The summed E-state index contributed by atoms with van der Waals surface area (Å²) in [7, 11) is 0. The zero-order chi connectivity index (χ0) is 17.9. The molecule has 0 saturated carbocycles. The molecule has 0 unspecified atom stereocenters. The zero-order valence-corrected chi connectivity index (χ0v) is 12.4. The van der Waals surface area contributed by atoms with Crippen molar-refractivity contribution in [2.24, 2.45) is 0 Å². The predicted octanol–water partition coefficient (Wildman–Crippen LogP) is 2.55. The molecule has 1 aromatic carbocycles. The number of anilines is 1. The Morgan fingerprint density at radius 3 is 2.79 bits per heavy atom. The molecule has 0 atom stereocenters. The van der Waals surface area contributed by atoms with Gasteiger partial charge in [-0.1, -0.05) is 0 Å². The first-order chi connectivity index (χ1) is 11.3. The van der Waals surface area contributed by atoms with Crippen LogP contribution in [0, 0.1) is 28.4 Å². The van der Waals surface area contributed by atoms with Crippen molar-refractivity contribution in [2.75, 3.05) is 5.32 Å². The lowest BCUT2D eigenvalue weighted by Crippen LogP contribution is -2.21. The number of aromatic nitrogens is 2. The van der Waals surface area contributed by atoms with E-state index < -0.39 is 29.5 Å². The summed E-state index contributed by atoms with van der Waals surface area (Å²) in [5, 5.41) is 25.9. The third-order valence-corrected chi connectivity index (χ3v) is 3.06. The predicted molar refractivity (Wildman–Crippen MR) is 78.4 cm³/mol. The lowest BCUT2D eigenvalue weighted by atomic mass is 10.1. The average Bonchev–Trinajstić information content (AvgIpc) is 2.88. The van der Waals surface area contributed by atoms with E-state index >= 15 is 0 Å². The summed E-state index contributed by atoms with van der Waals surface area (Å²) in [6.45, 7) is 1.04.